The number of aliphatic hydroxyl groups is 1. The van der Waals surface area contributed by atoms with Gasteiger partial charge in [0, 0.05) is 25.7 Å². The Balaban J connectivity index is 1.57. The fraction of sp³-hybridized carbons (Fsp3) is 0.684. The summed E-state index contributed by atoms with van der Waals surface area (Å²) >= 11 is 0. The Morgan fingerprint density at radius 1 is 1.17 bits per heavy atom. The molecule has 0 amide bonds. The first kappa shape index (κ1) is 17.6. The van der Waals surface area contributed by atoms with Crippen molar-refractivity contribution < 1.29 is 14.2 Å². The van der Waals surface area contributed by atoms with Crippen molar-refractivity contribution in [1.82, 2.24) is 9.80 Å². The molecule has 0 aliphatic carbocycles. The van der Waals surface area contributed by atoms with Gasteiger partial charge in [-0.15, -0.1) is 0 Å². The molecule has 5 heteroatoms. The van der Waals surface area contributed by atoms with Gasteiger partial charge in [0.25, 0.3) is 0 Å². The van der Waals surface area contributed by atoms with Crippen LogP contribution in [0.5, 0.6) is 5.75 Å². The van der Waals surface area contributed by atoms with Crippen LogP contribution in [-0.2, 0) is 6.54 Å². The van der Waals surface area contributed by atoms with E-state index in [2.05, 4.69) is 9.80 Å². The lowest BCUT2D eigenvalue weighted by Gasteiger charge is -2.41. The van der Waals surface area contributed by atoms with E-state index in [4.69, 9.17) is 4.74 Å². The van der Waals surface area contributed by atoms with Crippen LogP contribution >= 0.6 is 0 Å². The number of methoxy groups -OCH3 is 1. The molecule has 0 saturated carbocycles. The SMILES string of the molecule is COc1cc(CN2CC[C@@H](N3CCCCCC3)[C@H](O)C2)ccc1F. The number of hydrogen-bond acceptors (Lipinski definition) is 4. The van der Waals surface area contributed by atoms with E-state index in [9.17, 15) is 9.50 Å². The first-order chi connectivity index (χ1) is 11.7. The van der Waals surface area contributed by atoms with E-state index >= 15 is 0 Å². The second-order valence-electron chi connectivity index (χ2n) is 7.08. The summed E-state index contributed by atoms with van der Waals surface area (Å²) in [6.07, 6.45) is 5.83. The van der Waals surface area contributed by atoms with Crippen LogP contribution in [0.3, 0.4) is 0 Å². The van der Waals surface area contributed by atoms with Crippen molar-refractivity contribution in [2.24, 2.45) is 0 Å². The van der Waals surface area contributed by atoms with Crippen LogP contribution in [-0.4, -0.2) is 60.3 Å². The van der Waals surface area contributed by atoms with Crippen molar-refractivity contribution in [2.75, 3.05) is 33.3 Å². The third-order valence-corrected chi connectivity index (χ3v) is 5.36. The summed E-state index contributed by atoms with van der Waals surface area (Å²) in [7, 11) is 1.48. The van der Waals surface area contributed by atoms with Crippen molar-refractivity contribution in [3.63, 3.8) is 0 Å². The van der Waals surface area contributed by atoms with Crippen LogP contribution in [0.25, 0.3) is 0 Å². The summed E-state index contributed by atoms with van der Waals surface area (Å²) in [5.74, 6) is -0.0475. The first-order valence-corrected chi connectivity index (χ1v) is 9.14. The van der Waals surface area contributed by atoms with Gasteiger partial charge in [-0.2, -0.15) is 0 Å². The summed E-state index contributed by atoms with van der Waals surface area (Å²) in [5, 5.41) is 10.6. The van der Waals surface area contributed by atoms with Gasteiger partial charge >= 0.3 is 0 Å². The van der Waals surface area contributed by atoms with Crippen molar-refractivity contribution in [3.05, 3.63) is 29.6 Å². The number of piperidine rings is 1. The Hall–Kier alpha value is -1.17. The maximum atomic E-state index is 13.5. The van der Waals surface area contributed by atoms with Gasteiger partial charge in [-0.25, -0.2) is 4.39 Å². The minimum Gasteiger partial charge on any atom is -0.494 e. The summed E-state index contributed by atoms with van der Waals surface area (Å²) < 4.78 is 18.6. The van der Waals surface area contributed by atoms with Gasteiger partial charge in [-0.3, -0.25) is 9.80 Å². The van der Waals surface area contributed by atoms with Crippen molar-refractivity contribution in [1.29, 1.82) is 0 Å². The number of aliphatic hydroxyl groups excluding tert-OH is 1. The lowest BCUT2D eigenvalue weighted by atomic mass is 9.99. The molecular weight excluding hydrogens is 307 g/mol. The largest absolute Gasteiger partial charge is 0.494 e. The van der Waals surface area contributed by atoms with E-state index in [1.165, 1.54) is 38.9 Å². The molecule has 1 aromatic rings. The number of β-amino-alcohol motifs (C(OH)–C–C–N with tert-alkyl or cyclic N) is 1. The maximum Gasteiger partial charge on any atom is 0.165 e. The molecular formula is C19H29FN2O2. The molecule has 4 nitrogen and oxygen atoms in total. The predicted molar refractivity (Wildman–Crippen MR) is 92.7 cm³/mol. The predicted octanol–water partition coefficient (Wildman–Crippen LogP) is 2.65. The highest BCUT2D eigenvalue weighted by molar-refractivity contribution is 5.30. The molecule has 2 fully saturated rings. The lowest BCUT2D eigenvalue weighted by Crippen LogP contribution is -2.54. The molecule has 3 rings (SSSR count). The van der Waals surface area contributed by atoms with Gasteiger partial charge in [0.05, 0.1) is 13.2 Å². The Bertz CT molecular complexity index is 532. The zero-order chi connectivity index (χ0) is 16.9. The molecule has 2 aliphatic heterocycles. The Morgan fingerprint density at radius 3 is 2.58 bits per heavy atom. The van der Waals surface area contributed by atoms with Crippen molar-refractivity contribution in [2.45, 2.75) is 50.8 Å². The second-order valence-corrected chi connectivity index (χ2v) is 7.08. The van der Waals surface area contributed by atoms with Crippen molar-refractivity contribution in [3.8, 4) is 5.75 Å². The van der Waals surface area contributed by atoms with Crippen LogP contribution in [0.1, 0.15) is 37.7 Å². The van der Waals surface area contributed by atoms with E-state index in [-0.39, 0.29) is 17.7 Å². The van der Waals surface area contributed by atoms with E-state index in [1.807, 2.05) is 0 Å². The van der Waals surface area contributed by atoms with Gasteiger partial charge in [0.2, 0.25) is 0 Å². The highest BCUT2D eigenvalue weighted by Crippen LogP contribution is 2.24. The highest BCUT2D eigenvalue weighted by atomic mass is 19.1. The monoisotopic (exact) mass is 336 g/mol. The van der Waals surface area contributed by atoms with Gasteiger partial charge in [-0.05, 0) is 50.0 Å². The molecule has 2 atom stereocenters. The first-order valence-electron chi connectivity index (χ1n) is 9.14. The van der Waals surface area contributed by atoms with Crippen molar-refractivity contribution >= 4 is 0 Å². The molecule has 2 aliphatic rings. The topological polar surface area (TPSA) is 35.9 Å². The molecule has 0 radical (unpaired) electrons. The average molecular weight is 336 g/mol. The molecule has 24 heavy (non-hydrogen) atoms. The standard InChI is InChI=1S/C19H29FN2O2/c1-24-19-12-15(6-7-16(19)20)13-21-11-8-17(18(23)14-21)22-9-4-2-3-5-10-22/h6-7,12,17-18,23H,2-5,8-11,13-14H2,1H3/t17-,18-/m1/s1. The average Bonchev–Trinajstić information content (AvgIpc) is 2.86. The number of rotatable bonds is 4. The van der Waals surface area contributed by atoms with Crippen LogP contribution < -0.4 is 4.74 Å². The number of likely N-dealkylation sites (tertiary alicyclic amines) is 2. The number of nitrogens with zero attached hydrogens (tertiary/aromatic N) is 2. The van der Waals surface area contributed by atoms with E-state index in [1.54, 1.807) is 12.1 Å². The highest BCUT2D eigenvalue weighted by Gasteiger charge is 2.32. The van der Waals surface area contributed by atoms with Gasteiger partial charge in [0.15, 0.2) is 11.6 Å². The summed E-state index contributed by atoms with van der Waals surface area (Å²) in [4.78, 5) is 4.75. The zero-order valence-electron chi connectivity index (χ0n) is 14.6. The maximum absolute atomic E-state index is 13.5. The third-order valence-electron chi connectivity index (χ3n) is 5.36. The minimum atomic E-state index is -0.332. The Labute approximate surface area is 144 Å². The van der Waals surface area contributed by atoms with E-state index < -0.39 is 0 Å². The molecule has 1 N–H and O–H groups in total. The van der Waals surface area contributed by atoms with E-state index in [0.29, 0.717) is 12.6 Å². The normalized spacial score (nSPS) is 27.0. The fourth-order valence-electron chi connectivity index (χ4n) is 4.04. The molecule has 134 valence electrons. The fourth-order valence-corrected chi connectivity index (χ4v) is 4.04. The smallest absolute Gasteiger partial charge is 0.165 e. The van der Waals surface area contributed by atoms with E-state index in [0.717, 1.165) is 38.2 Å². The van der Waals surface area contributed by atoms with Gasteiger partial charge in [-0.1, -0.05) is 18.9 Å². The molecule has 0 aromatic heterocycles. The van der Waals surface area contributed by atoms with Gasteiger partial charge < -0.3 is 9.84 Å². The minimum absolute atomic E-state index is 0.285. The summed E-state index contributed by atoms with van der Waals surface area (Å²) in [6.45, 7) is 4.62. The number of ether oxygens (including phenoxy) is 1. The van der Waals surface area contributed by atoms with Crippen LogP contribution in [0.2, 0.25) is 0 Å². The number of halogens is 1. The molecule has 0 spiro atoms. The van der Waals surface area contributed by atoms with Crippen LogP contribution in [0, 0.1) is 5.82 Å². The molecule has 1 aromatic carbocycles. The molecule has 2 saturated heterocycles. The number of benzene rings is 1. The molecule has 2 heterocycles. The third kappa shape index (κ3) is 4.26. The lowest BCUT2D eigenvalue weighted by molar-refractivity contribution is -0.0144. The molecule has 0 bridgehead atoms. The number of hydrogen-bond donors (Lipinski definition) is 1. The Kier molecular flexibility index (Phi) is 6.09. The quantitative estimate of drug-likeness (QED) is 0.917. The van der Waals surface area contributed by atoms with Crippen LogP contribution in [0.15, 0.2) is 18.2 Å². The summed E-state index contributed by atoms with van der Waals surface area (Å²) in [6, 6.07) is 5.30. The second kappa shape index (κ2) is 8.28. The van der Waals surface area contributed by atoms with Crippen LogP contribution in [0.4, 0.5) is 4.39 Å². The summed E-state index contributed by atoms with van der Waals surface area (Å²) in [5.41, 5.74) is 1.02. The molecule has 0 unspecified atom stereocenters. The Morgan fingerprint density at radius 2 is 1.92 bits per heavy atom. The zero-order valence-corrected chi connectivity index (χ0v) is 14.6. The van der Waals surface area contributed by atoms with Gasteiger partial charge in [0.1, 0.15) is 0 Å².